The standard InChI is InChI=1S/C30H52O6/c1-19(2)9-8-10-20(3)24-11-12-25-23-17-27(33-7)35-30(36-32)18-22(34-21(4)31)13-16-29(30,6)26(23)14-15-28(24,25)5/h19-20,22-27,32H,8-18H2,1-7H3/t20-,22+,23+,24-,25+,26+,27-,28-,29-,30-/m1/s1. The molecule has 3 aliphatic carbocycles. The highest BCUT2D eigenvalue weighted by atomic mass is 17.2. The van der Waals surface area contributed by atoms with Gasteiger partial charge in [-0.2, -0.15) is 0 Å². The summed E-state index contributed by atoms with van der Waals surface area (Å²) in [6, 6.07) is 0. The number of fused-ring (bicyclic) bond motifs is 5. The Kier molecular flexibility index (Phi) is 8.51. The highest BCUT2D eigenvalue weighted by Crippen LogP contribution is 2.68. The molecule has 0 spiro atoms. The lowest BCUT2D eigenvalue weighted by molar-refractivity contribution is -0.471. The number of ether oxygens (including phenoxy) is 3. The molecule has 0 bridgehead atoms. The van der Waals surface area contributed by atoms with Crippen molar-refractivity contribution in [2.24, 2.45) is 46.3 Å². The Labute approximate surface area is 219 Å². The largest absolute Gasteiger partial charge is 0.462 e. The SMILES string of the molecule is CO[C@H]1C[C@H]2[C@@H]3CC[C@H]([C@H](C)CCCC(C)C)[C@@]3(C)CC[C@@H]2[C@@]2(C)CC[C@H](OC(C)=O)C[C@]2(OO)O1. The second-order valence-corrected chi connectivity index (χ2v) is 13.7. The van der Waals surface area contributed by atoms with Gasteiger partial charge in [-0.05, 0) is 79.4 Å². The van der Waals surface area contributed by atoms with Crippen LogP contribution in [0.25, 0.3) is 0 Å². The maximum atomic E-state index is 11.7. The van der Waals surface area contributed by atoms with Crippen molar-refractivity contribution < 1.29 is 29.1 Å². The van der Waals surface area contributed by atoms with Crippen LogP contribution in [0.15, 0.2) is 0 Å². The summed E-state index contributed by atoms with van der Waals surface area (Å²) >= 11 is 0. The van der Waals surface area contributed by atoms with Gasteiger partial charge >= 0.3 is 5.97 Å². The Morgan fingerprint density at radius 3 is 2.44 bits per heavy atom. The molecule has 1 saturated heterocycles. The molecule has 0 aromatic rings. The van der Waals surface area contributed by atoms with E-state index in [4.69, 9.17) is 19.1 Å². The normalized spacial score (nSPS) is 45.4. The van der Waals surface area contributed by atoms with Crippen molar-refractivity contribution >= 4 is 5.97 Å². The van der Waals surface area contributed by atoms with E-state index >= 15 is 0 Å². The third kappa shape index (κ3) is 4.89. The van der Waals surface area contributed by atoms with Crippen LogP contribution in [0.5, 0.6) is 0 Å². The molecule has 208 valence electrons. The first-order valence-corrected chi connectivity index (χ1v) is 14.7. The lowest BCUT2D eigenvalue weighted by Crippen LogP contribution is -2.61. The van der Waals surface area contributed by atoms with Gasteiger partial charge in [0.1, 0.15) is 6.10 Å². The second-order valence-electron chi connectivity index (χ2n) is 13.7. The molecule has 0 amide bonds. The summed E-state index contributed by atoms with van der Waals surface area (Å²) in [5.74, 6) is 2.23. The number of esters is 1. The number of carbonyl (C=O) groups is 1. The number of carbonyl (C=O) groups excluding carboxylic acids is 1. The summed E-state index contributed by atoms with van der Waals surface area (Å²) in [7, 11) is 1.69. The second kappa shape index (κ2) is 10.8. The highest BCUT2D eigenvalue weighted by Gasteiger charge is 2.67. The van der Waals surface area contributed by atoms with Crippen molar-refractivity contribution in [3.05, 3.63) is 0 Å². The minimum Gasteiger partial charge on any atom is -0.462 e. The fraction of sp³-hybridized carbons (Fsp3) is 0.967. The predicted octanol–water partition coefficient (Wildman–Crippen LogP) is 7.21. The molecule has 3 saturated carbocycles. The van der Waals surface area contributed by atoms with Crippen LogP contribution in [0.2, 0.25) is 0 Å². The summed E-state index contributed by atoms with van der Waals surface area (Å²) in [6.45, 7) is 13.4. The Balaban J connectivity index is 1.60. The van der Waals surface area contributed by atoms with Crippen LogP contribution >= 0.6 is 0 Å². The molecule has 0 radical (unpaired) electrons. The molecule has 0 aromatic heterocycles. The van der Waals surface area contributed by atoms with Crippen LogP contribution in [-0.2, 0) is 23.9 Å². The Hall–Kier alpha value is -0.690. The van der Waals surface area contributed by atoms with Crippen molar-refractivity contribution in [3.63, 3.8) is 0 Å². The number of hydrogen-bond donors (Lipinski definition) is 1. The van der Waals surface area contributed by atoms with Gasteiger partial charge in [0, 0.05) is 32.3 Å². The molecule has 10 atom stereocenters. The van der Waals surface area contributed by atoms with Crippen LogP contribution < -0.4 is 0 Å². The third-order valence-corrected chi connectivity index (χ3v) is 11.3. The van der Waals surface area contributed by atoms with Gasteiger partial charge < -0.3 is 14.2 Å². The predicted molar refractivity (Wildman–Crippen MR) is 139 cm³/mol. The lowest BCUT2D eigenvalue weighted by atomic mass is 9.49. The zero-order valence-electron chi connectivity index (χ0n) is 23.9. The van der Waals surface area contributed by atoms with Gasteiger partial charge in [0.2, 0.25) is 5.79 Å². The monoisotopic (exact) mass is 508 g/mol. The maximum absolute atomic E-state index is 11.7. The first-order chi connectivity index (χ1) is 17.0. The van der Waals surface area contributed by atoms with E-state index in [2.05, 4.69) is 34.6 Å². The van der Waals surface area contributed by atoms with Gasteiger partial charge in [0.15, 0.2) is 6.29 Å². The van der Waals surface area contributed by atoms with Crippen LogP contribution in [0.1, 0.15) is 112 Å². The summed E-state index contributed by atoms with van der Waals surface area (Å²) in [5.41, 5.74) is -0.0340. The summed E-state index contributed by atoms with van der Waals surface area (Å²) in [5, 5.41) is 10.4. The fourth-order valence-electron chi connectivity index (χ4n) is 9.49. The van der Waals surface area contributed by atoms with Gasteiger partial charge in [-0.1, -0.05) is 53.9 Å². The van der Waals surface area contributed by atoms with Crippen LogP contribution in [0, 0.1) is 46.3 Å². The zero-order chi connectivity index (χ0) is 26.3. The quantitative estimate of drug-likeness (QED) is 0.212. The molecule has 0 aromatic carbocycles. The average Bonchev–Trinajstić information content (AvgIpc) is 3.12. The van der Waals surface area contributed by atoms with E-state index in [0.29, 0.717) is 29.6 Å². The first-order valence-electron chi connectivity index (χ1n) is 14.7. The van der Waals surface area contributed by atoms with E-state index in [1.165, 1.54) is 45.4 Å². The molecule has 4 rings (SSSR count). The van der Waals surface area contributed by atoms with Crippen molar-refractivity contribution in [1.82, 2.24) is 0 Å². The third-order valence-electron chi connectivity index (χ3n) is 11.3. The summed E-state index contributed by atoms with van der Waals surface area (Å²) in [4.78, 5) is 17.0. The van der Waals surface area contributed by atoms with Crippen LogP contribution in [0.3, 0.4) is 0 Å². The molecule has 1 heterocycles. The minimum atomic E-state index is -1.23. The maximum Gasteiger partial charge on any atom is 0.302 e. The van der Waals surface area contributed by atoms with Gasteiger partial charge in [-0.15, -0.1) is 0 Å². The van der Waals surface area contributed by atoms with Gasteiger partial charge in [0.05, 0.1) is 0 Å². The van der Waals surface area contributed by atoms with Crippen molar-refractivity contribution in [1.29, 1.82) is 0 Å². The topological polar surface area (TPSA) is 74.2 Å². The van der Waals surface area contributed by atoms with E-state index in [1.807, 2.05) is 0 Å². The Bertz CT molecular complexity index is 771. The molecular formula is C30H52O6. The molecule has 4 fully saturated rings. The molecule has 1 aliphatic heterocycles. The van der Waals surface area contributed by atoms with E-state index < -0.39 is 12.1 Å². The average molecular weight is 509 g/mol. The Morgan fingerprint density at radius 2 is 1.81 bits per heavy atom. The first kappa shape index (κ1) is 28.3. The fourth-order valence-corrected chi connectivity index (χ4v) is 9.49. The number of hydrogen-bond acceptors (Lipinski definition) is 6. The van der Waals surface area contributed by atoms with Crippen LogP contribution in [0.4, 0.5) is 0 Å². The molecular weight excluding hydrogens is 456 g/mol. The lowest BCUT2D eigenvalue weighted by Gasteiger charge is -2.58. The molecule has 4 aliphatic rings. The van der Waals surface area contributed by atoms with E-state index in [1.54, 1.807) is 7.11 Å². The van der Waals surface area contributed by atoms with E-state index in [0.717, 1.165) is 43.4 Å². The minimum absolute atomic E-state index is 0.306. The number of methoxy groups -OCH3 is 1. The van der Waals surface area contributed by atoms with E-state index in [-0.39, 0.29) is 17.5 Å². The molecule has 6 heteroatoms. The van der Waals surface area contributed by atoms with E-state index in [9.17, 15) is 10.1 Å². The summed E-state index contributed by atoms with van der Waals surface area (Å²) in [6.07, 6.45) is 10.9. The number of rotatable bonds is 8. The van der Waals surface area contributed by atoms with Crippen molar-refractivity contribution in [3.8, 4) is 0 Å². The molecule has 36 heavy (non-hydrogen) atoms. The van der Waals surface area contributed by atoms with Crippen molar-refractivity contribution in [2.45, 2.75) is 130 Å². The smallest absolute Gasteiger partial charge is 0.302 e. The van der Waals surface area contributed by atoms with Crippen molar-refractivity contribution in [2.75, 3.05) is 7.11 Å². The highest BCUT2D eigenvalue weighted by molar-refractivity contribution is 5.66. The van der Waals surface area contributed by atoms with Gasteiger partial charge in [0.25, 0.3) is 0 Å². The molecule has 6 nitrogen and oxygen atoms in total. The summed E-state index contributed by atoms with van der Waals surface area (Å²) < 4.78 is 18.0. The van der Waals surface area contributed by atoms with Gasteiger partial charge in [-0.3, -0.25) is 4.79 Å². The van der Waals surface area contributed by atoms with Crippen LogP contribution in [-0.4, -0.2) is 36.5 Å². The molecule has 1 N–H and O–H groups in total. The zero-order valence-corrected chi connectivity index (χ0v) is 23.9. The Morgan fingerprint density at radius 1 is 1.06 bits per heavy atom. The molecule has 0 unspecified atom stereocenters. The van der Waals surface area contributed by atoms with Gasteiger partial charge in [-0.25, -0.2) is 10.1 Å².